The molecule has 0 saturated heterocycles. The zero-order valence-corrected chi connectivity index (χ0v) is 9.66. The van der Waals surface area contributed by atoms with Crippen molar-refractivity contribution in [2.45, 2.75) is 25.5 Å². The van der Waals surface area contributed by atoms with Gasteiger partial charge in [-0.25, -0.2) is 0 Å². The molecule has 0 bridgehead atoms. The molecule has 0 aliphatic carbocycles. The first-order valence-electron chi connectivity index (χ1n) is 4.49. The van der Waals surface area contributed by atoms with E-state index in [1.54, 1.807) is 6.07 Å². The van der Waals surface area contributed by atoms with Crippen LogP contribution in [0.2, 0.25) is 0 Å². The van der Waals surface area contributed by atoms with Crippen molar-refractivity contribution >= 4 is 21.6 Å². The Balaban J connectivity index is 2.88. The third-order valence-corrected chi connectivity index (χ3v) is 2.50. The van der Waals surface area contributed by atoms with Crippen LogP contribution >= 0.6 is 15.9 Å². The largest absolute Gasteiger partial charge is 0.398 e. The fourth-order valence-corrected chi connectivity index (χ4v) is 1.69. The quantitative estimate of drug-likeness (QED) is 0.725. The number of rotatable bonds is 3. The number of hydrogen-bond acceptors (Lipinski definition) is 3. The van der Waals surface area contributed by atoms with E-state index >= 15 is 0 Å². The second-order valence-electron chi connectivity index (χ2n) is 3.50. The monoisotopic (exact) mass is 258 g/mol. The van der Waals surface area contributed by atoms with E-state index in [0.29, 0.717) is 12.1 Å². The van der Waals surface area contributed by atoms with Crippen LogP contribution in [0.4, 0.5) is 5.69 Å². The van der Waals surface area contributed by atoms with Crippen LogP contribution in [0.25, 0.3) is 0 Å². The second-order valence-corrected chi connectivity index (χ2v) is 4.42. The predicted octanol–water partition coefficient (Wildman–Crippen LogP) is 1.80. The average molecular weight is 259 g/mol. The molecule has 3 nitrogen and oxygen atoms in total. The van der Waals surface area contributed by atoms with E-state index < -0.39 is 6.10 Å². The summed E-state index contributed by atoms with van der Waals surface area (Å²) in [7, 11) is 0. The van der Waals surface area contributed by atoms with Crippen LogP contribution in [0.1, 0.15) is 25.0 Å². The van der Waals surface area contributed by atoms with Gasteiger partial charge < -0.3 is 16.6 Å². The Bertz CT molecular complexity index is 315. The van der Waals surface area contributed by atoms with Crippen molar-refractivity contribution in [3.05, 3.63) is 28.2 Å². The van der Waals surface area contributed by atoms with Crippen LogP contribution in [-0.2, 0) is 0 Å². The highest BCUT2D eigenvalue weighted by Crippen LogP contribution is 2.26. The lowest BCUT2D eigenvalue weighted by atomic mass is 10.0. The number of nitrogens with two attached hydrogens (primary N) is 2. The lowest BCUT2D eigenvalue weighted by molar-refractivity contribution is 0.161. The molecular formula is C10H15BrN2O. The van der Waals surface area contributed by atoms with Crippen molar-refractivity contribution in [1.29, 1.82) is 0 Å². The van der Waals surface area contributed by atoms with Gasteiger partial charge in [0.2, 0.25) is 0 Å². The van der Waals surface area contributed by atoms with Crippen molar-refractivity contribution in [1.82, 2.24) is 0 Å². The first kappa shape index (κ1) is 11.5. The number of halogens is 1. The molecule has 0 spiro atoms. The number of hydrogen-bond donors (Lipinski definition) is 3. The van der Waals surface area contributed by atoms with Crippen molar-refractivity contribution in [2.24, 2.45) is 5.73 Å². The summed E-state index contributed by atoms with van der Waals surface area (Å²) in [6.07, 6.45) is -0.0757. The highest BCUT2D eigenvalue weighted by atomic mass is 79.9. The minimum Gasteiger partial charge on any atom is -0.398 e. The van der Waals surface area contributed by atoms with Gasteiger partial charge in [0.15, 0.2) is 0 Å². The second kappa shape index (κ2) is 4.77. The van der Waals surface area contributed by atoms with Gasteiger partial charge >= 0.3 is 0 Å². The first-order chi connectivity index (χ1) is 6.50. The van der Waals surface area contributed by atoms with E-state index in [1.807, 2.05) is 19.1 Å². The van der Waals surface area contributed by atoms with Crippen LogP contribution in [0.15, 0.2) is 22.7 Å². The summed E-state index contributed by atoms with van der Waals surface area (Å²) in [6, 6.07) is 5.40. The standard InChI is InChI=1S/C10H15BrN2O/c1-6(12)4-10(14)8-5-7(11)2-3-9(8)13/h2-3,5-6,10,14H,4,12-13H2,1H3. The smallest absolute Gasteiger partial charge is 0.0825 e. The van der Waals surface area contributed by atoms with Gasteiger partial charge in [-0.2, -0.15) is 0 Å². The number of aliphatic hydroxyl groups is 1. The summed E-state index contributed by atoms with van der Waals surface area (Å²) < 4.78 is 0.908. The molecule has 0 radical (unpaired) electrons. The Morgan fingerprint density at radius 1 is 1.50 bits per heavy atom. The van der Waals surface area contributed by atoms with Gasteiger partial charge in [-0.1, -0.05) is 15.9 Å². The Morgan fingerprint density at radius 2 is 2.14 bits per heavy atom. The molecule has 0 saturated carbocycles. The third kappa shape index (κ3) is 2.97. The summed E-state index contributed by atoms with van der Waals surface area (Å²) in [4.78, 5) is 0. The van der Waals surface area contributed by atoms with Gasteiger partial charge in [-0.05, 0) is 31.5 Å². The van der Waals surface area contributed by atoms with Crippen LogP contribution in [-0.4, -0.2) is 11.1 Å². The van der Waals surface area contributed by atoms with Gasteiger partial charge in [0.05, 0.1) is 6.10 Å². The van der Waals surface area contributed by atoms with Crippen LogP contribution in [0, 0.1) is 0 Å². The average Bonchev–Trinajstić information content (AvgIpc) is 2.08. The van der Waals surface area contributed by atoms with E-state index in [9.17, 15) is 5.11 Å². The van der Waals surface area contributed by atoms with E-state index in [0.717, 1.165) is 10.0 Å². The molecule has 14 heavy (non-hydrogen) atoms. The summed E-state index contributed by atoms with van der Waals surface area (Å²) >= 11 is 3.33. The normalized spacial score (nSPS) is 15.1. The highest BCUT2D eigenvalue weighted by molar-refractivity contribution is 9.10. The minimum absolute atomic E-state index is 0.0385. The van der Waals surface area contributed by atoms with Crippen molar-refractivity contribution in [3.8, 4) is 0 Å². The molecule has 5 N–H and O–H groups in total. The van der Waals surface area contributed by atoms with E-state index in [-0.39, 0.29) is 6.04 Å². The molecule has 0 aliphatic rings. The summed E-state index contributed by atoms with van der Waals surface area (Å²) in [5, 5.41) is 9.82. The van der Waals surface area contributed by atoms with Crippen LogP contribution < -0.4 is 11.5 Å². The molecule has 78 valence electrons. The summed E-state index contributed by atoms with van der Waals surface area (Å²) in [5.41, 5.74) is 12.7. The lowest BCUT2D eigenvalue weighted by Crippen LogP contribution is -2.19. The summed E-state index contributed by atoms with van der Waals surface area (Å²) in [5.74, 6) is 0. The molecule has 0 heterocycles. The number of benzene rings is 1. The van der Waals surface area contributed by atoms with E-state index in [4.69, 9.17) is 11.5 Å². The van der Waals surface area contributed by atoms with Gasteiger partial charge in [0, 0.05) is 21.8 Å². The Hall–Kier alpha value is -0.580. The Kier molecular flexibility index (Phi) is 3.92. The van der Waals surface area contributed by atoms with Crippen molar-refractivity contribution in [3.63, 3.8) is 0 Å². The number of nitrogen functional groups attached to an aromatic ring is 1. The maximum atomic E-state index is 9.82. The van der Waals surface area contributed by atoms with Gasteiger partial charge in [-0.15, -0.1) is 0 Å². The van der Waals surface area contributed by atoms with Crippen LogP contribution in [0.5, 0.6) is 0 Å². The molecule has 0 fully saturated rings. The zero-order valence-electron chi connectivity index (χ0n) is 8.07. The topological polar surface area (TPSA) is 72.3 Å². The molecule has 0 aliphatic heterocycles. The minimum atomic E-state index is -0.590. The molecular weight excluding hydrogens is 244 g/mol. The Morgan fingerprint density at radius 3 is 2.71 bits per heavy atom. The molecule has 4 heteroatoms. The molecule has 2 atom stereocenters. The maximum absolute atomic E-state index is 9.82. The fourth-order valence-electron chi connectivity index (χ4n) is 1.31. The molecule has 0 aromatic heterocycles. The van der Waals surface area contributed by atoms with Crippen LogP contribution in [0.3, 0.4) is 0 Å². The summed E-state index contributed by atoms with van der Waals surface area (Å²) in [6.45, 7) is 1.86. The van der Waals surface area contributed by atoms with Gasteiger partial charge in [0.1, 0.15) is 0 Å². The van der Waals surface area contributed by atoms with Gasteiger partial charge in [-0.3, -0.25) is 0 Å². The Labute approximate surface area is 92.2 Å². The van der Waals surface area contributed by atoms with E-state index in [2.05, 4.69) is 15.9 Å². The third-order valence-electron chi connectivity index (χ3n) is 2.00. The molecule has 1 aromatic carbocycles. The molecule has 0 amide bonds. The predicted molar refractivity (Wildman–Crippen MR) is 61.8 cm³/mol. The number of aliphatic hydroxyl groups excluding tert-OH is 1. The molecule has 1 rings (SSSR count). The highest BCUT2D eigenvalue weighted by Gasteiger charge is 2.13. The molecule has 1 aromatic rings. The maximum Gasteiger partial charge on any atom is 0.0825 e. The van der Waals surface area contributed by atoms with Crippen molar-refractivity contribution < 1.29 is 5.11 Å². The molecule has 2 unspecified atom stereocenters. The van der Waals surface area contributed by atoms with E-state index in [1.165, 1.54) is 0 Å². The SMILES string of the molecule is CC(N)CC(O)c1cc(Br)ccc1N. The van der Waals surface area contributed by atoms with Crippen molar-refractivity contribution in [2.75, 3.05) is 5.73 Å². The zero-order chi connectivity index (χ0) is 10.7. The first-order valence-corrected chi connectivity index (χ1v) is 5.28. The lowest BCUT2D eigenvalue weighted by Gasteiger charge is -2.15. The van der Waals surface area contributed by atoms with Gasteiger partial charge in [0.25, 0.3) is 0 Å². The number of anilines is 1. The fraction of sp³-hybridized carbons (Fsp3) is 0.400.